The average molecular weight is 935 g/mol. The molecule has 20 unspecified atom stereocenters. The molecule has 3 aromatic rings. The maximum atomic E-state index is 14.1. The first-order chi connectivity index (χ1) is 30.7. The first-order valence-electron chi connectivity index (χ1n) is 20.0. The van der Waals surface area contributed by atoms with Crippen LogP contribution in [0.15, 0.2) is 39.5 Å². The topological polar surface area (TPSA) is 428 Å². The molecule has 4 aliphatic rings. The highest BCUT2D eigenvalue weighted by Crippen LogP contribution is 2.41. The molecule has 0 spiro atoms. The summed E-state index contributed by atoms with van der Waals surface area (Å²) < 4.78 is 50.7. The fraction of sp³-hybridized carbons (Fsp3) is 0.615. The third-order valence-corrected chi connectivity index (χ3v) is 11.5. The SMILES string of the molecule is CC1OC(OCC2OC(Oc3c(-c4ccc(OC5OC(CO)C(O)C(O)C5OC5OC(CO)C(O)C(O)C5O)c(O)c4)oc4cc(O)cc(O)c4c3=O)C(O)C(O)C2O)C(O)C(O)C1O. The van der Waals surface area contributed by atoms with Crippen molar-refractivity contribution in [3.05, 3.63) is 40.6 Å². The molecule has 5 heterocycles. The molecule has 7 rings (SSSR count). The highest BCUT2D eigenvalue weighted by Gasteiger charge is 2.52. The average Bonchev–Trinajstić information content (AvgIpc) is 3.27. The van der Waals surface area contributed by atoms with Gasteiger partial charge in [-0.3, -0.25) is 4.79 Å². The van der Waals surface area contributed by atoms with Crippen LogP contribution < -0.4 is 14.9 Å². The summed E-state index contributed by atoms with van der Waals surface area (Å²) >= 11 is 0. The normalized spacial score (nSPS) is 40.2. The lowest BCUT2D eigenvalue weighted by Crippen LogP contribution is -2.65. The number of phenols is 3. The van der Waals surface area contributed by atoms with E-state index in [1.165, 1.54) is 6.92 Å². The molecule has 20 atom stereocenters. The predicted octanol–water partition coefficient (Wildman–Crippen LogP) is -6.39. The Labute approximate surface area is 364 Å². The van der Waals surface area contributed by atoms with Gasteiger partial charge < -0.3 is 124 Å². The zero-order valence-corrected chi connectivity index (χ0v) is 33.8. The second kappa shape index (κ2) is 19.6. The molecule has 1 aromatic heterocycles. The van der Waals surface area contributed by atoms with Gasteiger partial charge in [0.1, 0.15) is 108 Å². The van der Waals surface area contributed by atoms with Crippen LogP contribution >= 0.6 is 0 Å². The molecule has 4 saturated heterocycles. The third-order valence-electron chi connectivity index (χ3n) is 11.5. The second-order valence-corrected chi connectivity index (χ2v) is 15.9. The van der Waals surface area contributed by atoms with Crippen LogP contribution in [-0.2, 0) is 28.4 Å². The molecule has 362 valence electrons. The van der Waals surface area contributed by atoms with Crippen LogP contribution in [-0.4, -0.2) is 224 Å². The number of hydrogen-bond acceptors (Lipinski definition) is 26. The summed E-state index contributed by atoms with van der Waals surface area (Å²) in [6.07, 6.45) is -35.3. The van der Waals surface area contributed by atoms with E-state index in [2.05, 4.69) is 0 Å². The fourth-order valence-electron chi connectivity index (χ4n) is 7.69. The van der Waals surface area contributed by atoms with E-state index in [1.54, 1.807) is 0 Å². The Morgan fingerprint density at radius 2 is 1.14 bits per heavy atom. The lowest BCUT2D eigenvalue weighted by Gasteiger charge is -2.45. The maximum Gasteiger partial charge on any atom is 0.239 e. The van der Waals surface area contributed by atoms with Crippen molar-refractivity contribution < 1.29 is 124 Å². The summed E-state index contributed by atoms with van der Waals surface area (Å²) in [5.74, 6) is -4.03. The quantitative estimate of drug-likeness (QED) is 0.0803. The largest absolute Gasteiger partial charge is 0.508 e. The number of fused-ring (bicyclic) bond motifs is 1. The van der Waals surface area contributed by atoms with E-state index in [9.17, 15) is 86.5 Å². The van der Waals surface area contributed by atoms with Crippen molar-refractivity contribution in [1.29, 1.82) is 0 Å². The highest BCUT2D eigenvalue weighted by atomic mass is 16.8. The number of aromatic hydroxyl groups is 3. The van der Waals surface area contributed by atoms with Crippen molar-refractivity contribution in [2.24, 2.45) is 0 Å². The Balaban J connectivity index is 1.18. The number of hydrogen-bond donors (Lipinski definition) is 16. The molecule has 65 heavy (non-hydrogen) atoms. The van der Waals surface area contributed by atoms with Crippen molar-refractivity contribution in [2.75, 3.05) is 19.8 Å². The van der Waals surface area contributed by atoms with E-state index >= 15 is 0 Å². The molecule has 0 saturated carbocycles. The van der Waals surface area contributed by atoms with Crippen LogP contribution in [0.2, 0.25) is 0 Å². The summed E-state index contributed by atoms with van der Waals surface area (Å²) in [6, 6.07) is 4.88. The zero-order chi connectivity index (χ0) is 47.3. The molecule has 26 heteroatoms. The van der Waals surface area contributed by atoms with Gasteiger partial charge >= 0.3 is 0 Å². The minimum Gasteiger partial charge on any atom is -0.508 e. The smallest absolute Gasteiger partial charge is 0.239 e. The number of ether oxygens (including phenoxy) is 8. The Morgan fingerprint density at radius 1 is 0.569 bits per heavy atom. The molecule has 0 bridgehead atoms. The molecule has 0 radical (unpaired) electrons. The Bertz CT molecular complexity index is 2170. The Hall–Kier alpha value is -4.11. The van der Waals surface area contributed by atoms with Crippen molar-refractivity contribution in [1.82, 2.24) is 0 Å². The fourth-order valence-corrected chi connectivity index (χ4v) is 7.69. The Kier molecular flexibility index (Phi) is 14.7. The van der Waals surface area contributed by atoms with Crippen molar-refractivity contribution in [3.8, 4) is 40.1 Å². The molecule has 4 fully saturated rings. The lowest BCUT2D eigenvalue weighted by molar-refractivity contribution is -0.358. The van der Waals surface area contributed by atoms with Crippen molar-refractivity contribution in [2.45, 2.75) is 130 Å². The number of rotatable bonds is 12. The molecule has 0 amide bonds. The van der Waals surface area contributed by atoms with Gasteiger partial charge in [-0.15, -0.1) is 0 Å². The van der Waals surface area contributed by atoms with Gasteiger partial charge in [-0.25, -0.2) is 0 Å². The molecule has 0 aliphatic carbocycles. The number of phenolic OH excluding ortho intramolecular Hbond substituents is 3. The molecule has 26 nitrogen and oxygen atoms in total. The van der Waals surface area contributed by atoms with E-state index in [-0.39, 0.29) is 5.56 Å². The number of benzene rings is 2. The highest BCUT2D eigenvalue weighted by molar-refractivity contribution is 5.88. The third kappa shape index (κ3) is 9.43. The van der Waals surface area contributed by atoms with E-state index in [0.29, 0.717) is 0 Å². The van der Waals surface area contributed by atoms with Gasteiger partial charge in [0.15, 0.2) is 35.9 Å². The van der Waals surface area contributed by atoms with Crippen LogP contribution in [0.4, 0.5) is 0 Å². The summed E-state index contributed by atoms with van der Waals surface area (Å²) in [5, 5.41) is 167. The van der Waals surface area contributed by atoms with Gasteiger partial charge in [-0.1, -0.05) is 0 Å². The monoisotopic (exact) mass is 934 g/mol. The zero-order valence-electron chi connectivity index (χ0n) is 33.8. The minimum absolute atomic E-state index is 0.224. The predicted molar refractivity (Wildman–Crippen MR) is 206 cm³/mol. The van der Waals surface area contributed by atoms with Gasteiger partial charge in [-0.2, -0.15) is 0 Å². The number of aliphatic hydroxyl groups is 13. The standard InChI is InChI=1S/C39H50O26/c1-10-21(45)26(50)30(54)36(58-10)57-9-19-24(48)28(52)32(56)38(63-19)64-34-25(49)20-14(44)5-12(42)6-16(20)59-33(34)11-2-3-15(13(43)4-11)60-39-35(29(53)23(47)18(8-41)62-39)65-37-31(55)27(51)22(46)17(7-40)61-37/h2-6,10,17-19,21-24,26-32,35-48,50-56H,7-9H2,1H3. The van der Waals surface area contributed by atoms with Crippen LogP contribution in [0, 0.1) is 0 Å². The maximum absolute atomic E-state index is 14.1. The van der Waals surface area contributed by atoms with Crippen molar-refractivity contribution >= 4 is 11.0 Å². The Morgan fingerprint density at radius 3 is 1.78 bits per heavy atom. The first kappa shape index (κ1) is 48.8. The van der Waals surface area contributed by atoms with Gasteiger partial charge in [0.2, 0.25) is 23.8 Å². The lowest BCUT2D eigenvalue weighted by atomic mass is 9.97. The second-order valence-electron chi connectivity index (χ2n) is 15.9. The van der Waals surface area contributed by atoms with Gasteiger partial charge in [0.05, 0.1) is 25.9 Å². The van der Waals surface area contributed by atoms with Crippen LogP contribution in [0.3, 0.4) is 0 Å². The summed E-state index contributed by atoms with van der Waals surface area (Å²) in [6.45, 7) is -1.04. The summed E-state index contributed by atoms with van der Waals surface area (Å²) in [5.41, 5.74) is -1.81. The van der Waals surface area contributed by atoms with Crippen LogP contribution in [0.5, 0.6) is 28.7 Å². The van der Waals surface area contributed by atoms with Gasteiger partial charge in [0, 0.05) is 17.7 Å². The van der Waals surface area contributed by atoms with Gasteiger partial charge in [0.25, 0.3) is 0 Å². The van der Waals surface area contributed by atoms with E-state index < -0.39 is 194 Å². The molecular weight excluding hydrogens is 884 g/mol. The minimum atomic E-state index is -2.11. The van der Waals surface area contributed by atoms with Crippen molar-refractivity contribution in [3.63, 3.8) is 0 Å². The van der Waals surface area contributed by atoms with E-state index in [4.69, 9.17) is 42.3 Å². The summed E-state index contributed by atoms with van der Waals surface area (Å²) in [7, 11) is 0. The first-order valence-corrected chi connectivity index (χ1v) is 20.0. The molecule has 2 aromatic carbocycles. The van der Waals surface area contributed by atoms with E-state index in [1.807, 2.05) is 0 Å². The molecular formula is C39H50O26. The van der Waals surface area contributed by atoms with Crippen LogP contribution in [0.1, 0.15) is 6.92 Å². The summed E-state index contributed by atoms with van der Waals surface area (Å²) in [4.78, 5) is 14.1. The molecule has 16 N–H and O–H groups in total. The van der Waals surface area contributed by atoms with E-state index in [0.717, 1.165) is 30.3 Å². The van der Waals surface area contributed by atoms with Crippen LogP contribution in [0.25, 0.3) is 22.3 Å². The number of aliphatic hydroxyl groups excluding tert-OH is 13. The van der Waals surface area contributed by atoms with Gasteiger partial charge in [-0.05, 0) is 25.1 Å². The molecule has 4 aliphatic heterocycles.